The van der Waals surface area contributed by atoms with Gasteiger partial charge in [0.2, 0.25) is 5.95 Å². The van der Waals surface area contributed by atoms with Crippen molar-refractivity contribution in [1.29, 1.82) is 0 Å². The number of nitrogens with one attached hydrogen (secondary N) is 1. The summed E-state index contributed by atoms with van der Waals surface area (Å²) in [6.07, 6.45) is 1.49. The molecule has 1 fully saturated rings. The molecule has 36 heavy (non-hydrogen) atoms. The van der Waals surface area contributed by atoms with E-state index in [2.05, 4.69) is 27.1 Å². The molecule has 1 saturated heterocycles. The average molecular weight is 548 g/mol. The van der Waals surface area contributed by atoms with Gasteiger partial charge in [-0.15, -0.1) is 0 Å². The van der Waals surface area contributed by atoms with Gasteiger partial charge in [-0.3, -0.25) is 18.8 Å². The maximum atomic E-state index is 13.2. The summed E-state index contributed by atoms with van der Waals surface area (Å²) in [6, 6.07) is 10.8. The molecular formula is C24H25Cl2N6O3S. The second-order valence-corrected chi connectivity index (χ2v) is 12.0. The number of halogens is 2. The molecule has 0 saturated carbocycles. The molecule has 2 aliphatic heterocycles. The van der Waals surface area contributed by atoms with E-state index in [1.807, 2.05) is 30.1 Å². The van der Waals surface area contributed by atoms with E-state index in [4.69, 9.17) is 23.2 Å². The van der Waals surface area contributed by atoms with Crippen LogP contribution < -0.4 is 20.0 Å². The monoisotopic (exact) mass is 547 g/mol. The van der Waals surface area contributed by atoms with E-state index in [1.165, 1.54) is 11.1 Å². The summed E-state index contributed by atoms with van der Waals surface area (Å²) in [5, 5.41) is 3.96. The lowest BCUT2D eigenvalue weighted by atomic mass is 10.1. The molecule has 0 bridgehead atoms. The minimum absolute atomic E-state index is 0.226. The molecule has 5 rings (SSSR count). The number of carbonyl (C=O) groups is 1. The molecular weight excluding hydrogens is 523 g/mol. The lowest BCUT2D eigenvalue weighted by molar-refractivity contribution is 0.0982. The predicted molar refractivity (Wildman–Crippen MR) is 148 cm³/mol. The molecule has 1 radical (unpaired) electrons. The number of hydrogen-bond acceptors (Lipinski definition) is 8. The first-order valence-corrected chi connectivity index (χ1v) is 13.8. The Hall–Kier alpha value is -2.76. The molecule has 1 aromatic heterocycles. The Morgan fingerprint density at radius 1 is 1.11 bits per heavy atom. The largest absolute Gasteiger partial charge is 0.368 e. The van der Waals surface area contributed by atoms with Crippen LogP contribution in [-0.4, -0.2) is 63.3 Å². The molecule has 1 amide bonds. The lowest BCUT2D eigenvalue weighted by Gasteiger charge is -2.42. The van der Waals surface area contributed by atoms with Crippen LogP contribution in [0.4, 0.5) is 28.8 Å². The van der Waals surface area contributed by atoms with Crippen molar-refractivity contribution in [2.24, 2.45) is 0 Å². The summed E-state index contributed by atoms with van der Waals surface area (Å²) in [5.74, 6) is 1.28. The Kier molecular flexibility index (Phi) is 6.65. The second-order valence-electron chi connectivity index (χ2n) is 8.74. The Morgan fingerprint density at radius 3 is 2.47 bits per heavy atom. The Labute approximate surface area is 221 Å². The van der Waals surface area contributed by atoms with Crippen LogP contribution in [0.15, 0.2) is 42.6 Å². The van der Waals surface area contributed by atoms with Crippen LogP contribution >= 0.6 is 33.8 Å². The highest BCUT2D eigenvalue weighted by atomic mass is 35.5. The van der Waals surface area contributed by atoms with Gasteiger partial charge in [-0.1, -0.05) is 29.3 Å². The van der Waals surface area contributed by atoms with Crippen LogP contribution in [0.25, 0.3) is 0 Å². The van der Waals surface area contributed by atoms with Crippen LogP contribution in [0.3, 0.4) is 0 Å². The Morgan fingerprint density at radius 2 is 1.81 bits per heavy atom. The smallest absolute Gasteiger partial charge is 0.265 e. The SMILES string of the molecule is [CH2]c1cc(Nc2ncc3c(n2)N(C)CN(c2c(Cl)cccc2Cl)C3=O)ccc1N1CCS(O)(O)CC1. The molecule has 9 nitrogen and oxygen atoms in total. The number of amides is 1. The van der Waals surface area contributed by atoms with Crippen molar-refractivity contribution in [3.63, 3.8) is 0 Å². The third kappa shape index (κ3) is 4.79. The van der Waals surface area contributed by atoms with Crippen LogP contribution in [0.5, 0.6) is 0 Å². The van der Waals surface area contributed by atoms with Crippen LogP contribution in [-0.2, 0) is 0 Å². The minimum atomic E-state index is -2.46. The number of carbonyl (C=O) groups excluding carboxylic acids is 1. The van der Waals surface area contributed by atoms with Crippen molar-refractivity contribution >= 4 is 68.5 Å². The van der Waals surface area contributed by atoms with Crippen molar-refractivity contribution in [1.82, 2.24) is 9.97 Å². The van der Waals surface area contributed by atoms with Crippen LogP contribution in [0.2, 0.25) is 10.0 Å². The molecule has 12 heteroatoms. The van der Waals surface area contributed by atoms with Gasteiger partial charge in [0.1, 0.15) is 11.4 Å². The van der Waals surface area contributed by atoms with Gasteiger partial charge < -0.3 is 15.1 Å². The summed E-state index contributed by atoms with van der Waals surface area (Å²) < 4.78 is 19.7. The van der Waals surface area contributed by atoms with Gasteiger partial charge in [-0.05, 0) is 42.8 Å². The molecule has 2 aromatic carbocycles. The number of anilines is 5. The Balaban J connectivity index is 1.35. The molecule has 189 valence electrons. The number of hydrogen-bond donors (Lipinski definition) is 3. The van der Waals surface area contributed by atoms with E-state index < -0.39 is 10.6 Å². The van der Waals surface area contributed by atoms with Gasteiger partial charge in [0.05, 0.1) is 33.9 Å². The number of aromatic nitrogens is 2. The fourth-order valence-electron chi connectivity index (χ4n) is 4.35. The van der Waals surface area contributed by atoms with Crippen molar-refractivity contribution < 1.29 is 13.9 Å². The molecule has 0 aliphatic carbocycles. The van der Waals surface area contributed by atoms with E-state index in [1.54, 1.807) is 18.2 Å². The van der Waals surface area contributed by atoms with Crippen molar-refractivity contribution in [3.05, 3.63) is 70.7 Å². The summed E-state index contributed by atoms with van der Waals surface area (Å²) in [4.78, 5) is 27.6. The van der Waals surface area contributed by atoms with Gasteiger partial charge in [-0.2, -0.15) is 15.6 Å². The molecule has 2 aliphatic rings. The quantitative estimate of drug-likeness (QED) is 0.402. The van der Waals surface area contributed by atoms with E-state index >= 15 is 0 Å². The maximum Gasteiger partial charge on any atom is 0.265 e. The topological polar surface area (TPSA) is 105 Å². The Bertz CT molecular complexity index is 1310. The highest BCUT2D eigenvalue weighted by molar-refractivity contribution is 8.24. The first-order chi connectivity index (χ1) is 17.1. The highest BCUT2D eigenvalue weighted by Gasteiger charge is 2.32. The van der Waals surface area contributed by atoms with E-state index in [9.17, 15) is 13.9 Å². The zero-order valence-corrected chi connectivity index (χ0v) is 21.8. The van der Waals surface area contributed by atoms with E-state index in [0.717, 1.165) is 16.9 Å². The number of para-hydroxylation sites is 1. The average Bonchev–Trinajstić information content (AvgIpc) is 2.82. The van der Waals surface area contributed by atoms with Gasteiger partial charge in [-0.25, -0.2) is 4.98 Å². The van der Waals surface area contributed by atoms with E-state index in [0.29, 0.717) is 57.7 Å². The summed E-state index contributed by atoms with van der Waals surface area (Å²) in [6.45, 7) is 5.53. The molecule has 3 heterocycles. The van der Waals surface area contributed by atoms with Crippen molar-refractivity contribution in [2.75, 3.05) is 58.3 Å². The van der Waals surface area contributed by atoms with Gasteiger partial charge in [0, 0.05) is 37.7 Å². The van der Waals surface area contributed by atoms with Gasteiger partial charge >= 0.3 is 0 Å². The summed E-state index contributed by atoms with van der Waals surface area (Å²) in [5.41, 5.74) is 3.29. The molecule has 3 N–H and O–H groups in total. The zero-order chi connectivity index (χ0) is 25.6. The molecule has 0 atom stereocenters. The number of benzene rings is 2. The highest BCUT2D eigenvalue weighted by Crippen LogP contribution is 2.42. The molecule has 0 unspecified atom stereocenters. The maximum absolute atomic E-state index is 13.2. The first kappa shape index (κ1) is 24.9. The summed E-state index contributed by atoms with van der Waals surface area (Å²) >= 11 is 12.7. The van der Waals surface area contributed by atoms with Crippen LogP contribution in [0.1, 0.15) is 15.9 Å². The normalized spacial score (nSPS) is 18.2. The van der Waals surface area contributed by atoms with Crippen molar-refractivity contribution in [2.45, 2.75) is 0 Å². The predicted octanol–water partition coefficient (Wildman–Crippen LogP) is 5.33. The minimum Gasteiger partial charge on any atom is -0.368 e. The third-order valence-corrected chi connectivity index (χ3v) is 8.50. The number of nitrogens with zero attached hydrogens (tertiary/aromatic N) is 5. The lowest BCUT2D eigenvalue weighted by Crippen LogP contribution is -2.46. The summed E-state index contributed by atoms with van der Waals surface area (Å²) in [7, 11) is -0.630. The zero-order valence-electron chi connectivity index (χ0n) is 19.5. The third-order valence-electron chi connectivity index (χ3n) is 6.22. The van der Waals surface area contributed by atoms with Crippen molar-refractivity contribution in [3.8, 4) is 0 Å². The fraction of sp³-hybridized carbons (Fsp3) is 0.250. The fourth-order valence-corrected chi connectivity index (χ4v) is 6.18. The molecule has 0 spiro atoms. The van der Waals surface area contributed by atoms with E-state index in [-0.39, 0.29) is 12.6 Å². The number of fused-ring (bicyclic) bond motifs is 1. The molecule has 3 aromatic rings. The van der Waals surface area contributed by atoms with Crippen LogP contribution in [0, 0.1) is 6.92 Å². The first-order valence-electron chi connectivity index (χ1n) is 11.2. The second kappa shape index (κ2) is 9.60. The van der Waals surface area contributed by atoms with Gasteiger partial charge in [0.25, 0.3) is 5.91 Å². The number of rotatable bonds is 4. The van der Waals surface area contributed by atoms with Gasteiger partial charge in [0.15, 0.2) is 0 Å². The standard InChI is InChI=1S/C24H25Cl2N6O3S/c1-15-12-16(6-7-20(15)31-8-10-36(34,35)11-9-31)28-24-27-13-17-22(29-24)30(2)14-32(23(17)33)21-18(25)4-3-5-19(21)26/h3-7,12-13,34-35H,1,8-11,14H2,2H3,(H,27,28,29).